The smallest absolute Gasteiger partial charge is 0.165 e. The molecule has 102 valence electrons. The van der Waals surface area contributed by atoms with E-state index in [1.165, 1.54) is 12.3 Å². The maximum absolute atomic E-state index is 13.7. The summed E-state index contributed by atoms with van der Waals surface area (Å²) >= 11 is 0. The maximum atomic E-state index is 13.7. The quantitative estimate of drug-likeness (QED) is 0.571. The number of aromatic nitrogens is 3. The molecule has 21 heavy (non-hydrogen) atoms. The number of nitrogens with one attached hydrogen (secondary N) is 1. The highest BCUT2D eigenvalue weighted by atomic mass is 19.1. The number of fused-ring (bicyclic) bond motifs is 3. The van der Waals surface area contributed by atoms with Crippen molar-refractivity contribution in [2.75, 3.05) is 0 Å². The van der Waals surface area contributed by atoms with Gasteiger partial charge in [-0.25, -0.2) is 8.78 Å². The van der Waals surface area contributed by atoms with Crippen molar-refractivity contribution in [2.45, 2.75) is 0 Å². The SMILES string of the molecule is Fc1cncc(-c2ccc3c(c2)[nH]c2c(F)cncc23)c1. The molecule has 0 saturated heterocycles. The molecule has 3 nitrogen and oxygen atoms in total. The molecule has 0 saturated carbocycles. The average molecular weight is 281 g/mol. The molecule has 0 radical (unpaired) electrons. The third-order valence-electron chi connectivity index (χ3n) is 3.51. The number of pyridine rings is 2. The van der Waals surface area contributed by atoms with Gasteiger partial charge in [-0.3, -0.25) is 9.97 Å². The topological polar surface area (TPSA) is 41.6 Å². The van der Waals surface area contributed by atoms with Crippen molar-refractivity contribution in [1.82, 2.24) is 15.0 Å². The van der Waals surface area contributed by atoms with E-state index in [-0.39, 0.29) is 5.82 Å². The Morgan fingerprint density at radius 1 is 0.810 bits per heavy atom. The summed E-state index contributed by atoms with van der Waals surface area (Å²) in [7, 11) is 0. The Balaban J connectivity index is 1.98. The van der Waals surface area contributed by atoms with E-state index in [0.717, 1.165) is 28.0 Å². The molecule has 0 atom stereocenters. The van der Waals surface area contributed by atoms with E-state index in [2.05, 4.69) is 15.0 Å². The Kier molecular flexibility index (Phi) is 2.47. The number of benzene rings is 1. The van der Waals surface area contributed by atoms with E-state index in [9.17, 15) is 8.78 Å². The first-order valence-corrected chi connectivity index (χ1v) is 6.38. The minimum atomic E-state index is -0.391. The van der Waals surface area contributed by atoms with E-state index >= 15 is 0 Å². The van der Waals surface area contributed by atoms with Crippen LogP contribution in [0.1, 0.15) is 0 Å². The number of hydrogen-bond donors (Lipinski definition) is 1. The fourth-order valence-corrected chi connectivity index (χ4v) is 2.53. The second-order valence-electron chi connectivity index (χ2n) is 4.82. The molecule has 0 aliphatic carbocycles. The van der Waals surface area contributed by atoms with Crippen molar-refractivity contribution < 1.29 is 8.78 Å². The van der Waals surface area contributed by atoms with Gasteiger partial charge in [-0.05, 0) is 17.7 Å². The van der Waals surface area contributed by atoms with E-state index in [4.69, 9.17) is 0 Å². The van der Waals surface area contributed by atoms with Gasteiger partial charge >= 0.3 is 0 Å². The van der Waals surface area contributed by atoms with Crippen LogP contribution >= 0.6 is 0 Å². The number of halogens is 2. The fraction of sp³-hybridized carbons (Fsp3) is 0. The lowest BCUT2D eigenvalue weighted by Gasteiger charge is -2.01. The standard InChI is InChI=1S/C16H9F2N3/c17-11-3-10(5-19-6-11)9-1-2-12-13-7-20-8-14(18)16(13)21-15(12)4-9/h1-8,21H. The van der Waals surface area contributed by atoms with E-state index in [1.807, 2.05) is 18.2 Å². The van der Waals surface area contributed by atoms with Crippen LogP contribution < -0.4 is 0 Å². The zero-order chi connectivity index (χ0) is 14.4. The summed E-state index contributed by atoms with van der Waals surface area (Å²) in [5, 5.41) is 1.61. The molecule has 0 spiro atoms. The molecule has 0 fully saturated rings. The summed E-state index contributed by atoms with van der Waals surface area (Å²) in [6.45, 7) is 0. The highest BCUT2D eigenvalue weighted by molar-refractivity contribution is 6.07. The maximum Gasteiger partial charge on any atom is 0.165 e. The molecule has 0 aliphatic rings. The normalized spacial score (nSPS) is 11.3. The molecule has 0 aliphatic heterocycles. The van der Waals surface area contributed by atoms with Gasteiger partial charge in [-0.2, -0.15) is 0 Å². The van der Waals surface area contributed by atoms with Crippen LogP contribution in [0.25, 0.3) is 32.9 Å². The zero-order valence-corrected chi connectivity index (χ0v) is 10.8. The van der Waals surface area contributed by atoms with Crippen LogP contribution in [0, 0.1) is 11.6 Å². The molecule has 5 heteroatoms. The lowest BCUT2D eigenvalue weighted by atomic mass is 10.1. The van der Waals surface area contributed by atoms with Crippen molar-refractivity contribution in [3.8, 4) is 11.1 Å². The van der Waals surface area contributed by atoms with Crippen LogP contribution in [-0.4, -0.2) is 15.0 Å². The van der Waals surface area contributed by atoms with Crippen molar-refractivity contribution in [2.24, 2.45) is 0 Å². The van der Waals surface area contributed by atoms with E-state index in [0.29, 0.717) is 11.1 Å². The number of nitrogens with zero attached hydrogens (tertiary/aromatic N) is 2. The lowest BCUT2D eigenvalue weighted by Crippen LogP contribution is -1.83. The predicted octanol–water partition coefficient (Wildman–Crippen LogP) is 4.06. The van der Waals surface area contributed by atoms with Gasteiger partial charge in [0.1, 0.15) is 5.82 Å². The van der Waals surface area contributed by atoms with Gasteiger partial charge in [0.05, 0.1) is 17.9 Å². The summed E-state index contributed by atoms with van der Waals surface area (Å²) < 4.78 is 27.0. The molecular formula is C16H9F2N3. The largest absolute Gasteiger partial charge is 0.352 e. The summed E-state index contributed by atoms with van der Waals surface area (Å²) in [5.41, 5.74) is 2.69. The van der Waals surface area contributed by atoms with E-state index in [1.54, 1.807) is 12.4 Å². The first-order valence-electron chi connectivity index (χ1n) is 6.38. The van der Waals surface area contributed by atoms with Crippen LogP contribution in [-0.2, 0) is 0 Å². The Morgan fingerprint density at radius 3 is 2.52 bits per heavy atom. The molecule has 1 aromatic carbocycles. The molecule has 0 amide bonds. The first kappa shape index (κ1) is 12.0. The fourth-order valence-electron chi connectivity index (χ4n) is 2.53. The molecule has 4 rings (SSSR count). The van der Waals surface area contributed by atoms with Crippen molar-refractivity contribution in [3.63, 3.8) is 0 Å². The van der Waals surface area contributed by atoms with Gasteiger partial charge in [0.25, 0.3) is 0 Å². The molecule has 4 aromatic rings. The van der Waals surface area contributed by atoms with Gasteiger partial charge in [0.15, 0.2) is 5.82 Å². The number of H-pyrrole nitrogens is 1. The molecule has 0 unspecified atom stereocenters. The van der Waals surface area contributed by atoms with Crippen LogP contribution in [0.2, 0.25) is 0 Å². The van der Waals surface area contributed by atoms with Crippen molar-refractivity contribution in [3.05, 3.63) is 60.7 Å². The monoisotopic (exact) mass is 281 g/mol. The lowest BCUT2D eigenvalue weighted by molar-refractivity contribution is 0.622. The molecular weight excluding hydrogens is 272 g/mol. The third-order valence-corrected chi connectivity index (χ3v) is 3.51. The summed E-state index contributed by atoms with van der Waals surface area (Å²) in [6.07, 6.45) is 5.55. The summed E-state index contributed by atoms with van der Waals surface area (Å²) in [4.78, 5) is 10.8. The number of rotatable bonds is 1. The van der Waals surface area contributed by atoms with Crippen molar-refractivity contribution >= 4 is 21.8 Å². The Hall–Kier alpha value is -2.82. The van der Waals surface area contributed by atoms with Crippen LogP contribution in [0.5, 0.6) is 0 Å². The van der Waals surface area contributed by atoms with Crippen LogP contribution in [0.15, 0.2) is 49.1 Å². The highest BCUT2D eigenvalue weighted by Crippen LogP contribution is 2.30. The zero-order valence-electron chi connectivity index (χ0n) is 10.8. The van der Waals surface area contributed by atoms with E-state index < -0.39 is 5.82 Å². The minimum Gasteiger partial charge on any atom is -0.352 e. The van der Waals surface area contributed by atoms with Gasteiger partial charge in [0, 0.05) is 34.2 Å². The highest BCUT2D eigenvalue weighted by Gasteiger charge is 2.09. The summed E-state index contributed by atoms with van der Waals surface area (Å²) in [5.74, 6) is -0.780. The molecule has 0 bridgehead atoms. The van der Waals surface area contributed by atoms with Gasteiger partial charge in [-0.1, -0.05) is 12.1 Å². The van der Waals surface area contributed by atoms with Crippen molar-refractivity contribution in [1.29, 1.82) is 0 Å². The number of aromatic amines is 1. The molecule has 3 heterocycles. The summed E-state index contributed by atoms with van der Waals surface area (Å²) in [6, 6.07) is 7.00. The molecule has 3 aromatic heterocycles. The Morgan fingerprint density at radius 2 is 1.67 bits per heavy atom. The second kappa shape index (κ2) is 4.34. The Bertz CT molecular complexity index is 976. The molecule has 1 N–H and O–H groups in total. The second-order valence-corrected chi connectivity index (χ2v) is 4.82. The van der Waals surface area contributed by atoms with Crippen LogP contribution in [0.3, 0.4) is 0 Å². The minimum absolute atomic E-state index is 0.389. The first-order chi connectivity index (χ1) is 10.2. The van der Waals surface area contributed by atoms with Gasteiger partial charge in [-0.15, -0.1) is 0 Å². The van der Waals surface area contributed by atoms with Crippen LogP contribution in [0.4, 0.5) is 8.78 Å². The van der Waals surface area contributed by atoms with Gasteiger partial charge < -0.3 is 4.98 Å². The number of hydrogen-bond acceptors (Lipinski definition) is 2. The predicted molar refractivity (Wildman–Crippen MR) is 76.7 cm³/mol. The third kappa shape index (κ3) is 1.86. The Labute approximate surface area is 118 Å². The average Bonchev–Trinajstić information content (AvgIpc) is 2.87. The van der Waals surface area contributed by atoms with Gasteiger partial charge in [0.2, 0.25) is 0 Å².